The van der Waals surface area contributed by atoms with Gasteiger partial charge in [-0.2, -0.15) is 4.68 Å². The van der Waals surface area contributed by atoms with E-state index in [9.17, 15) is 14.7 Å². The van der Waals surface area contributed by atoms with E-state index in [-0.39, 0.29) is 23.9 Å². The van der Waals surface area contributed by atoms with Gasteiger partial charge in [0.05, 0.1) is 17.5 Å². The second kappa shape index (κ2) is 8.26. The first-order chi connectivity index (χ1) is 13.5. The van der Waals surface area contributed by atoms with Gasteiger partial charge in [-0.15, -0.1) is 5.11 Å². The highest BCUT2D eigenvalue weighted by atomic mass is 16.5. The van der Waals surface area contributed by atoms with Crippen molar-refractivity contribution in [3.63, 3.8) is 0 Å². The summed E-state index contributed by atoms with van der Waals surface area (Å²) in [6, 6.07) is 15.9. The van der Waals surface area contributed by atoms with E-state index in [4.69, 9.17) is 4.74 Å². The van der Waals surface area contributed by atoms with Gasteiger partial charge in [0.2, 0.25) is 5.70 Å². The lowest BCUT2D eigenvalue weighted by molar-refractivity contribution is -0.138. The number of fused-ring (bicyclic) bond motifs is 1. The molecule has 0 aliphatic heterocycles. The van der Waals surface area contributed by atoms with Crippen molar-refractivity contribution in [2.45, 2.75) is 13.8 Å². The summed E-state index contributed by atoms with van der Waals surface area (Å²) in [7, 11) is 0. The number of esters is 1. The number of hydrogen-bond acceptors (Lipinski definition) is 7. The zero-order valence-corrected chi connectivity index (χ0v) is 15.4. The molecule has 0 saturated heterocycles. The predicted octanol–water partition coefficient (Wildman–Crippen LogP) is 3.63. The normalized spacial score (nSPS) is 12.2. The number of benzene rings is 2. The molecule has 0 unspecified atom stereocenters. The van der Waals surface area contributed by atoms with Crippen molar-refractivity contribution in [2.24, 2.45) is 10.3 Å². The lowest BCUT2D eigenvalue weighted by atomic mass is 10.2. The lowest BCUT2D eigenvalue weighted by Gasteiger charge is -2.09. The van der Waals surface area contributed by atoms with Crippen LogP contribution in [0.5, 0.6) is 0 Å². The van der Waals surface area contributed by atoms with E-state index in [1.165, 1.54) is 6.92 Å². The largest absolute Gasteiger partial charge is 0.510 e. The number of para-hydroxylation sites is 1. The van der Waals surface area contributed by atoms with Crippen LogP contribution >= 0.6 is 0 Å². The van der Waals surface area contributed by atoms with E-state index in [0.717, 1.165) is 4.68 Å². The summed E-state index contributed by atoms with van der Waals surface area (Å²) in [4.78, 5) is 29.5. The van der Waals surface area contributed by atoms with Crippen molar-refractivity contribution in [3.05, 3.63) is 76.4 Å². The fourth-order valence-corrected chi connectivity index (χ4v) is 2.53. The Labute approximate surface area is 160 Å². The van der Waals surface area contributed by atoms with Crippen LogP contribution in [-0.2, 0) is 9.53 Å². The summed E-state index contributed by atoms with van der Waals surface area (Å²) in [6.45, 7) is 3.02. The molecule has 0 fully saturated rings. The molecule has 8 nitrogen and oxygen atoms in total. The maximum Gasteiger partial charge on any atom is 0.362 e. The van der Waals surface area contributed by atoms with Gasteiger partial charge in [-0.25, -0.2) is 9.78 Å². The maximum absolute atomic E-state index is 13.0. The Morgan fingerprint density at radius 2 is 1.82 bits per heavy atom. The minimum Gasteiger partial charge on any atom is -0.510 e. The van der Waals surface area contributed by atoms with E-state index < -0.39 is 11.5 Å². The van der Waals surface area contributed by atoms with Gasteiger partial charge in [0.1, 0.15) is 5.76 Å². The van der Waals surface area contributed by atoms with Crippen molar-refractivity contribution in [1.82, 2.24) is 9.66 Å². The van der Waals surface area contributed by atoms with Gasteiger partial charge in [0, 0.05) is 5.56 Å². The molecule has 0 spiro atoms. The average Bonchev–Trinajstić information content (AvgIpc) is 2.70. The molecule has 0 aliphatic rings. The van der Waals surface area contributed by atoms with E-state index in [1.54, 1.807) is 55.5 Å². The molecule has 1 N–H and O–H groups in total. The van der Waals surface area contributed by atoms with Gasteiger partial charge in [-0.05, 0) is 26.0 Å². The van der Waals surface area contributed by atoms with E-state index >= 15 is 0 Å². The van der Waals surface area contributed by atoms with Crippen LogP contribution in [0.1, 0.15) is 13.8 Å². The molecule has 2 aromatic carbocycles. The molecule has 0 amide bonds. The molecule has 0 bridgehead atoms. The van der Waals surface area contributed by atoms with Crippen molar-refractivity contribution in [3.8, 4) is 11.4 Å². The maximum atomic E-state index is 13.0. The summed E-state index contributed by atoms with van der Waals surface area (Å²) in [5.41, 5.74) is 0.317. The molecule has 0 aliphatic carbocycles. The van der Waals surface area contributed by atoms with E-state index in [1.807, 2.05) is 6.07 Å². The molecule has 8 heteroatoms. The number of hydrogen-bond donors (Lipinski definition) is 1. The Morgan fingerprint density at radius 1 is 1.14 bits per heavy atom. The van der Waals surface area contributed by atoms with Crippen LogP contribution in [0.15, 0.2) is 81.2 Å². The average molecular weight is 378 g/mol. The molecule has 3 aromatic rings. The number of allylic oxidation sites excluding steroid dienone is 1. The third-order valence-electron chi connectivity index (χ3n) is 3.83. The summed E-state index contributed by atoms with van der Waals surface area (Å²) in [5.74, 6) is -0.952. The van der Waals surface area contributed by atoms with E-state index in [2.05, 4.69) is 15.3 Å². The molecule has 0 atom stereocenters. The van der Waals surface area contributed by atoms with Crippen molar-refractivity contribution in [1.29, 1.82) is 0 Å². The van der Waals surface area contributed by atoms with Crippen LogP contribution in [0.4, 0.5) is 0 Å². The second-order valence-electron chi connectivity index (χ2n) is 5.78. The summed E-state index contributed by atoms with van der Waals surface area (Å²) < 4.78 is 5.86. The van der Waals surface area contributed by atoms with Crippen LogP contribution < -0.4 is 5.56 Å². The third kappa shape index (κ3) is 3.80. The Bertz CT molecular complexity index is 1130. The molecule has 28 heavy (non-hydrogen) atoms. The zero-order valence-electron chi connectivity index (χ0n) is 15.4. The second-order valence-corrected chi connectivity index (χ2v) is 5.78. The number of ether oxygens (including phenoxy) is 1. The van der Waals surface area contributed by atoms with Crippen molar-refractivity contribution in [2.75, 3.05) is 6.61 Å². The first-order valence-corrected chi connectivity index (χ1v) is 8.59. The van der Waals surface area contributed by atoms with Crippen LogP contribution in [0.25, 0.3) is 22.3 Å². The first-order valence-electron chi connectivity index (χ1n) is 8.59. The summed E-state index contributed by atoms with van der Waals surface area (Å²) in [5, 5.41) is 17.8. The van der Waals surface area contributed by atoms with Gasteiger partial charge >= 0.3 is 5.97 Å². The first kappa shape index (κ1) is 19.0. The standard InChI is InChI=1S/C20H18N4O4/c1-3-28-20(27)17(13(2)25)22-23-24-18(14-9-5-4-6-10-14)21-16-12-8-7-11-15(16)19(24)26/h4-12,25H,3H2,1-2H3/b17-13+,23-22?. The topological polar surface area (TPSA) is 106 Å². The molecule has 1 aromatic heterocycles. The van der Waals surface area contributed by atoms with Crippen LogP contribution in [0.3, 0.4) is 0 Å². The Kier molecular flexibility index (Phi) is 5.59. The van der Waals surface area contributed by atoms with Gasteiger partial charge in [-0.1, -0.05) is 47.7 Å². The Balaban J connectivity index is 2.22. The SMILES string of the molecule is CCOC(=O)/C(N=Nn1c(-c2ccccc2)nc2ccccc2c1=O)=C(/C)O. The molecular formula is C20H18N4O4. The Morgan fingerprint density at radius 3 is 2.50 bits per heavy atom. The number of carbonyl (C=O) groups excluding carboxylic acids is 1. The van der Waals surface area contributed by atoms with Gasteiger partial charge in [-0.3, -0.25) is 4.79 Å². The quantitative estimate of drug-likeness (QED) is 0.316. The zero-order chi connectivity index (χ0) is 20.1. The fraction of sp³-hybridized carbons (Fsp3) is 0.150. The Hall–Kier alpha value is -3.81. The van der Waals surface area contributed by atoms with Crippen LogP contribution in [0, 0.1) is 0 Å². The lowest BCUT2D eigenvalue weighted by Crippen LogP contribution is -2.20. The summed E-state index contributed by atoms with van der Waals surface area (Å²) >= 11 is 0. The molecule has 142 valence electrons. The monoisotopic (exact) mass is 378 g/mol. The summed E-state index contributed by atoms with van der Waals surface area (Å²) in [6.07, 6.45) is 0. The number of aliphatic hydroxyl groups excluding tert-OH is 1. The highest BCUT2D eigenvalue weighted by Gasteiger charge is 2.16. The number of rotatable bonds is 5. The minimum absolute atomic E-state index is 0.109. The highest BCUT2D eigenvalue weighted by Crippen LogP contribution is 2.19. The van der Waals surface area contributed by atoms with E-state index in [0.29, 0.717) is 16.5 Å². The smallest absolute Gasteiger partial charge is 0.362 e. The van der Waals surface area contributed by atoms with Crippen molar-refractivity contribution < 1.29 is 14.6 Å². The molecular weight excluding hydrogens is 360 g/mol. The highest BCUT2D eigenvalue weighted by molar-refractivity contribution is 5.88. The number of aliphatic hydroxyl groups is 1. The van der Waals surface area contributed by atoms with Crippen LogP contribution in [0.2, 0.25) is 0 Å². The van der Waals surface area contributed by atoms with Crippen LogP contribution in [-0.4, -0.2) is 27.3 Å². The van der Waals surface area contributed by atoms with Gasteiger partial charge in [0.25, 0.3) is 5.56 Å². The predicted molar refractivity (Wildman–Crippen MR) is 104 cm³/mol. The molecule has 0 saturated carbocycles. The third-order valence-corrected chi connectivity index (χ3v) is 3.83. The molecule has 0 radical (unpaired) electrons. The molecule has 3 rings (SSSR count). The number of carbonyl (C=O) groups is 1. The number of nitrogens with zero attached hydrogens (tertiary/aromatic N) is 4. The van der Waals surface area contributed by atoms with Gasteiger partial charge in [0.15, 0.2) is 5.82 Å². The van der Waals surface area contributed by atoms with Crippen molar-refractivity contribution >= 4 is 16.9 Å². The number of aromatic nitrogens is 2. The molecule has 1 heterocycles. The van der Waals surface area contributed by atoms with Gasteiger partial charge < -0.3 is 9.84 Å². The minimum atomic E-state index is -0.839. The fourth-order valence-electron chi connectivity index (χ4n) is 2.53.